The van der Waals surface area contributed by atoms with Gasteiger partial charge in [0.1, 0.15) is 0 Å². The number of carbonyl (C=O) groups excluding carboxylic acids is 1. The van der Waals surface area contributed by atoms with E-state index in [4.69, 9.17) is 14.6 Å². The summed E-state index contributed by atoms with van der Waals surface area (Å²) in [5, 5.41) is 18.8. The number of rotatable bonds is 4. The Balaban J connectivity index is 1.77. The Morgan fingerprint density at radius 3 is 2.33 bits per heavy atom. The van der Waals surface area contributed by atoms with Crippen molar-refractivity contribution in [1.82, 2.24) is 10.3 Å². The number of hydrogen-bond donors (Lipinski definition) is 2. The normalized spacial score (nSPS) is 18.8. The zero-order valence-corrected chi connectivity index (χ0v) is 19.7. The van der Waals surface area contributed by atoms with Crippen LogP contribution in [0.15, 0.2) is 41.5 Å². The van der Waals surface area contributed by atoms with Crippen molar-refractivity contribution in [2.75, 3.05) is 39.3 Å². The summed E-state index contributed by atoms with van der Waals surface area (Å²) >= 11 is 0. The van der Waals surface area contributed by atoms with Gasteiger partial charge in [-0.1, -0.05) is 12.1 Å². The first kappa shape index (κ1) is 22.9. The molecule has 2 amide bonds. The lowest BCUT2D eigenvalue weighted by Crippen LogP contribution is -2.41. The Morgan fingerprint density at radius 2 is 1.73 bits per heavy atom. The molecule has 0 spiro atoms. The molecule has 1 atom stereocenters. The summed E-state index contributed by atoms with van der Waals surface area (Å²) in [6.45, 7) is 3.66. The van der Waals surface area contributed by atoms with E-state index in [2.05, 4.69) is 22.3 Å². The Kier molecular flexibility index (Phi) is 6.74. The van der Waals surface area contributed by atoms with Crippen LogP contribution in [0, 0.1) is 0 Å². The highest BCUT2D eigenvalue weighted by atomic mass is 16.5. The predicted octanol–water partition coefficient (Wildman–Crippen LogP) is 3.00. The Labute approximate surface area is 194 Å². The number of fused-ring (bicyclic) bond motifs is 1. The maximum Gasteiger partial charge on any atom is 0.337 e. The fourth-order valence-electron chi connectivity index (χ4n) is 4.50. The number of hydrogen-bond acceptors (Lipinski definition) is 6. The third-order valence-electron chi connectivity index (χ3n) is 6.40. The minimum Gasteiger partial charge on any atom is -0.493 e. The van der Waals surface area contributed by atoms with Crippen molar-refractivity contribution in [3.8, 4) is 11.5 Å². The monoisotopic (exact) mass is 452 g/mol. The van der Waals surface area contributed by atoms with Gasteiger partial charge in [-0.25, -0.2) is 9.80 Å². The summed E-state index contributed by atoms with van der Waals surface area (Å²) in [6, 6.07) is 11.8. The number of hydrazone groups is 1. The summed E-state index contributed by atoms with van der Waals surface area (Å²) in [4.78, 5) is 14.9. The quantitative estimate of drug-likeness (QED) is 0.745. The molecular weight excluding hydrogens is 420 g/mol. The number of benzene rings is 2. The van der Waals surface area contributed by atoms with Gasteiger partial charge in [0.05, 0.1) is 32.1 Å². The second-order valence-corrected chi connectivity index (χ2v) is 8.53. The molecule has 2 aromatic rings. The van der Waals surface area contributed by atoms with E-state index in [0.717, 1.165) is 48.3 Å². The number of nitrogens with zero attached hydrogens (tertiary/aromatic N) is 3. The van der Waals surface area contributed by atoms with Crippen LogP contribution in [0.5, 0.6) is 11.5 Å². The molecule has 1 saturated heterocycles. The summed E-state index contributed by atoms with van der Waals surface area (Å²) < 4.78 is 11.1. The van der Waals surface area contributed by atoms with Gasteiger partial charge in [-0.15, -0.1) is 0 Å². The molecule has 0 saturated carbocycles. The van der Waals surface area contributed by atoms with Crippen molar-refractivity contribution in [2.45, 2.75) is 38.3 Å². The molecule has 0 aliphatic carbocycles. The fraction of sp³-hybridized carbons (Fsp3) is 0.440. The molecule has 2 heterocycles. The molecule has 2 aromatic carbocycles. The largest absolute Gasteiger partial charge is 0.493 e. The van der Waals surface area contributed by atoms with Gasteiger partial charge in [0.2, 0.25) is 0 Å². The average Bonchev–Trinajstić information content (AvgIpc) is 2.98. The van der Waals surface area contributed by atoms with Crippen molar-refractivity contribution >= 4 is 17.4 Å². The van der Waals surface area contributed by atoms with E-state index < -0.39 is 0 Å². The minimum atomic E-state index is -0.254. The molecule has 0 radical (unpaired) electrons. The maximum atomic E-state index is 12.6. The number of amides is 2. The van der Waals surface area contributed by atoms with Gasteiger partial charge in [-0.2, -0.15) is 5.10 Å². The number of anilines is 1. The lowest BCUT2D eigenvalue weighted by molar-refractivity contribution is 0.145. The Hall–Kier alpha value is -3.26. The van der Waals surface area contributed by atoms with Crippen LogP contribution in [0.1, 0.15) is 36.5 Å². The molecule has 0 aromatic heterocycles. The molecule has 0 unspecified atom stereocenters. The van der Waals surface area contributed by atoms with E-state index in [1.54, 1.807) is 21.3 Å². The van der Waals surface area contributed by atoms with E-state index in [1.807, 2.05) is 31.2 Å². The van der Waals surface area contributed by atoms with Crippen LogP contribution in [0.3, 0.4) is 0 Å². The number of aliphatic hydroxyl groups is 1. The van der Waals surface area contributed by atoms with Crippen LogP contribution in [0.25, 0.3) is 0 Å². The van der Waals surface area contributed by atoms with Gasteiger partial charge in [-0.05, 0) is 56.0 Å². The van der Waals surface area contributed by atoms with Crippen LogP contribution in [0.4, 0.5) is 10.5 Å². The molecule has 4 rings (SSSR count). The molecule has 176 valence electrons. The number of nitrogens with one attached hydrogen (secondary N) is 1. The second-order valence-electron chi connectivity index (χ2n) is 8.53. The topological polar surface area (TPSA) is 86.6 Å². The second kappa shape index (κ2) is 9.70. The standard InChI is InChI=1S/C25H32N4O4/c1-16-13-18-14-22(32-3)23(33-4)15-21(18)24(27-29(16)25(31)26-2)17-5-7-19(8-6-17)28-11-9-20(30)10-12-28/h5-8,14-16,20,30H,9-13H2,1-4H3,(H,26,31)/t16-/m1/s1. The van der Waals surface area contributed by atoms with Gasteiger partial charge in [0.15, 0.2) is 11.5 Å². The van der Waals surface area contributed by atoms with E-state index in [9.17, 15) is 9.90 Å². The average molecular weight is 453 g/mol. The summed E-state index contributed by atoms with van der Waals surface area (Å²) in [5.41, 5.74) is 4.69. The Bertz CT molecular complexity index is 1030. The summed E-state index contributed by atoms with van der Waals surface area (Å²) in [7, 11) is 4.84. The Morgan fingerprint density at radius 1 is 1.09 bits per heavy atom. The number of methoxy groups -OCH3 is 2. The van der Waals surface area contributed by atoms with Crippen molar-refractivity contribution in [2.24, 2.45) is 5.10 Å². The number of urea groups is 1. The van der Waals surface area contributed by atoms with Crippen molar-refractivity contribution < 1.29 is 19.4 Å². The predicted molar refractivity (Wildman–Crippen MR) is 129 cm³/mol. The molecule has 1 fully saturated rings. The van der Waals surface area contributed by atoms with E-state index in [-0.39, 0.29) is 18.2 Å². The van der Waals surface area contributed by atoms with Crippen molar-refractivity contribution in [3.05, 3.63) is 53.1 Å². The van der Waals surface area contributed by atoms with Gasteiger partial charge >= 0.3 is 6.03 Å². The number of carbonyl (C=O) groups is 1. The highest BCUT2D eigenvalue weighted by Crippen LogP contribution is 2.35. The van der Waals surface area contributed by atoms with Crippen LogP contribution in [-0.2, 0) is 6.42 Å². The van der Waals surface area contributed by atoms with Crippen molar-refractivity contribution in [1.29, 1.82) is 0 Å². The fourth-order valence-corrected chi connectivity index (χ4v) is 4.50. The molecule has 2 aliphatic rings. The molecule has 8 nitrogen and oxygen atoms in total. The molecule has 2 N–H and O–H groups in total. The van der Waals surface area contributed by atoms with Crippen LogP contribution in [0.2, 0.25) is 0 Å². The highest BCUT2D eigenvalue weighted by Gasteiger charge is 2.28. The zero-order valence-electron chi connectivity index (χ0n) is 19.7. The maximum absolute atomic E-state index is 12.6. The van der Waals surface area contributed by atoms with Gasteiger partial charge in [0.25, 0.3) is 0 Å². The lowest BCUT2D eigenvalue weighted by Gasteiger charge is -2.31. The lowest BCUT2D eigenvalue weighted by atomic mass is 9.93. The number of piperidine rings is 1. The minimum absolute atomic E-state index is 0.140. The van der Waals surface area contributed by atoms with E-state index in [1.165, 1.54) is 5.01 Å². The van der Waals surface area contributed by atoms with Gasteiger partial charge in [0, 0.05) is 37.0 Å². The summed E-state index contributed by atoms with van der Waals surface area (Å²) in [6.07, 6.45) is 1.98. The van der Waals surface area contributed by atoms with Gasteiger partial charge in [-0.3, -0.25) is 0 Å². The van der Waals surface area contributed by atoms with Crippen LogP contribution < -0.4 is 19.7 Å². The molecular formula is C25H32N4O4. The van der Waals surface area contributed by atoms with E-state index in [0.29, 0.717) is 23.6 Å². The van der Waals surface area contributed by atoms with Crippen LogP contribution >= 0.6 is 0 Å². The molecule has 33 heavy (non-hydrogen) atoms. The first-order valence-electron chi connectivity index (χ1n) is 11.3. The SMILES string of the molecule is CNC(=O)N1N=C(c2ccc(N3CCC(O)CC3)cc2)c2cc(OC)c(OC)cc2C[C@H]1C. The first-order chi connectivity index (χ1) is 15.9. The van der Waals surface area contributed by atoms with Gasteiger partial charge < -0.3 is 24.8 Å². The van der Waals surface area contributed by atoms with E-state index >= 15 is 0 Å². The molecule has 0 bridgehead atoms. The number of ether oxygens (including phenoxy) is 2. The smallest absolute Gasteiger partial charge is 0.337 e. The third-order valence-corrected chi connectivity index (χ3v) is 6.40. The number of aliphatic hydroxyl groups excluding tert-OH is 1. The van der Waals surface area contributed by atoms with Crippen LogP contribution in [-0.4, -0.2) is 68.4 Å². The molecule has 2 aliphatic heterocycles. The summed E-state index contributed by atoms with van der Waals surface area (Å²) in [5.74, 6) is 1.27. The third kappa shape index (κ3) is 4.61. The zero-order chi connectivity index (χ0) is 23.5. The first-order valence-corrected chi connectivity index (χ1v) is 11.3. The molecule has 8 heteroatoms. The highest BCUT2D eigenvalue weighted by molar-refractivity contribution is 6.14. The van der Waals surface area contributed by atoms with Crippen molar-refractivity contribution in [3.63, 3.8) is 0 Å².